The van der Waals surface area contributed by atoms with E-state index in [4.69, 9.17) is 38.7 Å². The van der Waals surface area contributed by atoms with E-state index in [1.807, 2.05) is 0 Å². The van der Waals surface area contributed by atoms with Gasteiger partial charge in [0.25, 0.3) is 0 Å². The van der Waals surface area contributed by atoms with E-state index in [1.54, 1.807) is 62.3 Å². The zero-order valence-electron chi connectivity index (χ0n) is 33.3. The van der Waals surface area contributed by atoms with Gasteiger partial charge in [0.1, 0.15) is 46.1 Å². The van der Waals surface area contributed by atoms with Crippen LogP contribution in [0.3, 0.4) is 0 Å². The molecule has 0 saturated carbocycles. The summed E-state index contributed by atoms with van der Waals surface area (Å²) in [6.07, 6.45) is 1.12. The maximum Gasteiger partial charge on any atom is 0.329 e. The summed E-state index contributed by atoms with van der Waals surface area (Å²) in [6, 6.07) is -3.04. The predicted octanol–water partition coefficient (Wildman–Crippen LogP) is 3.12. The first-order chi connectivity index (χ1) is 24.7. The minimum absolute atomic E-state index is 0.0788. The molecule has 0 aliphatic rings. The lowest BCUT2D eigenvalue weighted by Crippen LogP contribution is -2.53. The molecular formula is C35H65N6O12+. The minimum atomic E-state index is -1.19. The van der Waals surface area contributed by atoms with Crippen LogP contribution in [-0.2, 0) is 52.3 Å². The van der Waals surface area contributed by atoms with Gasteiger partial charge in [-0.25, -0.2) is 14.4 Å². The molecule has 0 bridgehead atoms. The van der Waals surface area contributed by atoms with Gasteiger partial charge in [-0.1, -0.05) is 0 Å². The Kier molecular flexibility index (Phi) is 25.1. The molecule has 306 valence electrons. The molecule has 53 heavy (non-hydrogen) atoms. The number of carbonyl (C=O) groups excluding carboxylic acids is 5. The van der Waals surface area contributed by atoms with Crippen LogP contribution in [-0.4, -0.2) is 125 Å². The van der Waals surface area contributed by atoms with Gasteiger partial charge in [0.15, 0.2) is 0 Å². The summed E-state index contributed by atoms with van der Waals surface area (Å²) in [5.41, 5.74) is 4.16. The van der Waals surface area contributed by atoms with Crippen LogP contribution < -0.4 is 20.9 Å². The van der Waals surface area contributed by atoms with Crippen LogP contribution >= 0.6 is 0 Å². The van der Waals surface area contributed by atoms with E-state index >= 15 is 0 Å². The van der Waals surface area contributed by atoms with Gasteiger partial charge in [-0.05, 0) is 88.0 Å². The monoisotopic (exact) mass is 761 g/mol. The highest BCUT2D eigenvalue weighted by molar-refractivity contribution is 5.87. The molecule has 0 spiro atoms. The third kappa shape index (κ3) is 31.5. The number of unbranched alkanes of at least 4 members (excludes halogenated alkanes) is 1. The Labute approximate surface area is 314 Å². The maximum absolute atomic E-state index is 13.1. The van der Waals surface area contributed by atoms with Crippen molar-refractivity contribution in [2.45, 2.75) is 130 Å². The second-order valence-electron chi connectivity index (χ2n) is 14.9. The predicted molar refractivity (Wildman–Crippen MR) is 193 cm³/mol. The van der Waals surface area contributed by atoms with E-state index in [-0.39, 0.29) is 38.2 Å². The molecule has 18 nitrogen and oxygen atoms in total. The minimum Gasteiger partial charge on any atom is -0.460 e. The Bertz CT molecular complexity index is 1140. The molecule has 0 heterocycles. The number of nitrogens with zero attached hydrogens (tertiary/aromatic N) is 2. The summed E-state index contributed by atoms with van der Waals surface area (Å²) >= 11 is 0. The van der Waals surface area contributed by atoms with Gasteiger partial charge >= 0.3 is 23.9 Å². The Hall–Kier alpha value is -3.70. The first kappa shape index (κ1) is 49.3. The van der Waals surface area contributed by atoms with E-state index in [9.17, 15) is 24.0 Å². The molecule has 2 atom stereocenters. The lowest BCUT2D eigenvalue weighted by Gasteiger charge is -2.27. The van der Waals surface area contributed by atoms with Gasteiger partial charge in [-0.15, -0.1) is 0 Å². The lowest BCUT2D eigenvalue weighted by molar-refractivity contribution is -0.159. The maximum atomic E-state index is 13.1. The third-order valence-corrected chi connectivity index (χ3v) is 6.29. The molecule has 0 aromatic carbocycles. The van der Waals surface area contributed by atoms with E-state index in [1.165, 1.54) is 0 Å². The van der Waals surface area contributed by atoms with Crippen molar-refractivity contribution >= 4 is 29.8 Å². The van der Waals surface area contributed by atoms with Gasteiger partial charge in [-0.2, -0.15) is 0 Å². The summed E-state index contributed by atoms with van der Waals surface area (Å²) < 4.78 is 37.8. The molecule has 4 N–H and O–H groups in total. The fourth-order valence-corrected chi connectivity index (χ4v) is 4.13. The molecule has 0 fully saturated rings. The van der Waals surface area contributed by atoms with Crippen LogP contribution in [0.5, 0.6) is 0 Å². The van der Waals surface area contributed by atoms with Crippen molar-refractivity contribution in [1.29, 1.82) is 5.53 Å². The van der Waals surface area contributed by atoms with Gasteiger partial charge < -0.3 is 49.1 Å². The molecule has 18 heteroatoms. The van der Waals surface area contributed by atoms with Crippen molar-refractivity contribution in [2.75, 3.05) is 65.9 Å². The van der Waals surface area contributed by atoms with Crippen LogP contribution in [0, 0.1) is 5.53 Å². The summed E-state index contributed by atoms with van der Waals surface area (Å²) in [5, 5.41) is 11.4. The smallest absolute Gasteiger partial charge is 0.329 e. The van der Waals surface area contributed by atoms with Crippen LogP contribution in [0.25, 0.3) is 0 Å². The molecular weight excluding hydrogens is 696 g/mol. The quantitative estimate of drug-likeness (QED) is 0.0311. The first-order valence-electron chi connectivity index (χ1n) is 18.1. The Morgan fingerprint density at radius 3 is 1.53 bits per heavy atom. The topological polar surface area (TPSA) is 236 Å². The number of ether oxygens (including phenoxy) is 7. The molecule has 3 amide bonds. The second kappa shape index (κ2) is 27.0. The highest BCUT2D eigenvalue weighted by Gasteiger charge is 2.31. The first-order valence-corrected chi connectivity index (χ1v) is 18.1. The van der Waals surface area contributed by atoms with Crippen LogP contribution in [0.1, 0.15) is 101 Å². The fraction of sp³-hybridized carbons (Fsp3) is 0.857. The van der Waals surface area contributed by atoms with Crippen molar-refractivity contribution in [3.05, 3.63) is 0 Å². The van der Waals surface area contributed by atoms with Crippen LogP contribution in [0.4, 0.5) is 4.79 Å². The van der Waals surface area contributed by atoms with Crippen molar-refractivity contribution in [1.82, 2.24) is 20.9 Å². The molecule has 0 aliphatic carbocycles. The molecule has 0 aromatic rings. The van der Waals surface area contributed by atoms with Crippen LogP contribution in [0.2, 0.25) is 0 Å². The number of hydrogen-bond donors (Lipinski definition) is 4. The summed E-state index contributed by atoms with van der Waals surface area (Å²) in [7, 11) is 0. The normalized spacial score (nSPS) is 12.8. The SMILES string of the molecule is CC(C)(C)OC(=O)CC[C@H](NC(=O)N[C@@H](CCCCNC(=O)CCOCCOCCOCCOCCN=[N+]=N)C(=O)OC(C)(C)C)C(=O)OC(C)(C)C. The Morgan fingerprint density at radius 2 is 1.06 bits per heavy atom. The van der Waals surface area contributed by atoms with E-state index < -0.39 is 52.8 Å². The second-order valence-corrected chi connectivity index (χ2v) is 14.9. The van der Waals surface area contributed by atoms with Gasteiger partial charge in [0, 0.05) is 19.4 Å². The summed E-state index contributed by atoms with van der Waals surface area (Å²) in [6.45, 7) is 19.0. The summed E-state index contributed by atoms with van der Waals surface area (Å²) in [5.74, 6) is -2.11. The molecule has 0 radical (unpaired) electrons. The number of carbonyl (C=O) groups is 5. The zero-order valence-corrected chi connectivity index (χ0v) is 33.3. The van der Waals surface area contributed by atoms with Crippen molar-refractivity contribution in [3.63, 3.8) is 0 Å². The van der Waals surface area contributed by atoms with E-state index in [2.05, 4.69) is 26.0 Å². The average Bonchev–Trinajstić information content (AvgIpc) is 3.01. The standard InChI is InChI=1S/C35H64N6O12/c1-33(2,3)51-29(43)14-13-27(31(45)53-35(7,8)9)40-32(46)39-26(30(44)52-34(4,5)6)12-10-11-16-37-28(42)15-18-47-20-22-49-24-25-50-23-21-48-19-17-38-41-36/h26-27,36H,10-25H2,1-9H3,(H2-,37,39,40,42,46)/p+1/t26-,27-/m0/s1. The van der Waals surface area contributed by atoms with Crippen molar-refractivity contribution in [2.24, 2.45) is 5.11 Å². The number of nitrogens with one attached hydrogen (secondary N) is 4. The number of hydrogen-bond acceptors (Lipinski definition) is 14. The number of urea groups is 1. The van der Waals surface area contributed by atoms with Crippen LogP contribution in [0.15, 0.2) is 5.11 Å². The largest absolute Gasteiger partial charge is 0.460 e. The summed E-state index contributed by atoms with van der Waals surface area (Å²) in [4.78, 5) is 66.5. The highest BCUT2D eigenvalue weighted by atomic mass is 16.6. The highest BCUT2D eigenvalue weighted by Crippen LogP contribution is 2.15. The third-order valence-electron chi connectivity index (χ3n) is 6.29. The number of esters is 3. The molecule has 0 unspecified atom stereocenters. The average molecular weight is 762 g/mol. The van der Waals surface area contributed by atoms with Crippen molar-refractivity contribution in [3.8, 4) is 0 Å². The van der Waals surface area contributed by atoms with Crippen molar-refractivity contribution < 1.29 is 57.1 Å². The van der Waals surface area contributed by atoms with E-state index in [0.29, 0.717) is 72.2 Å². The number of amides is 3. The van der Waals surface area contributed by atoms with Gasteiger partial charge in [0.2, 0.25) is 10.8 Å². The van der Waals surface area contributed by atoms with Gasteiger partial charge in [0.05, 0.1) is 52.9 Å². The molecule has 0 rings (SSSR count). The molecule has 0 aliphatic heterocycles. The Morgan fingerprint density at radius 1 is 0.604 bits per heavy atom. The van der Waals surface area contributed by atoms with E-state index in [0.717, 1.165) is 0 Å². The molecule has 0 aromatic heterocycles. The fourth-order valence-electron chi connectivity index (χ4n) is 4.13. The Balaban J connectivity index is 4.67. The zero-order chi connectivity index (χ0) is 40.3. The van der Waals surface area contributed by atoms with Gasteiger partial charge in [-0.3, -0.25) is 9.59 Å². The molecule has 0 saturated heterocycles. The number of rotatable bonds is 27. The lowest BCUT2D eigenvalue weighted by atomic mass is 10.1.